The van der Waals surface area contributed by atoms with Crippen molar-refractivity contribution < 1.29 is 9.32 Å². The number of carbonyl (C=O) groups excluding carboxylic acids is 1. The number of aryl methyl sites for hydroxylation is 2. The minimum atomic E-state index is -0.283. The van der Waals surface area contributed by atoms with E-state index in [-0.39, 0.29) is 23.7 Å². The number of aromatic nitrogens is 3. The Morgan fingerprint density at radius 1 is 1.40 bits per heavy atom. The molecule has 7 nitrogen and oxygen atoms in total. The molecule has 0 fully saturated rings. The van der Waals surface area contributed by atoms with Crippen LogP contribution in [0.1, 0.15) is 17.9 Å². The molecule has 1 amide bonds. The molecule has 0 saturated carbocycles. The van der Waals surface area contributed by atoms with Gasteiger partial charge in [0.25, 0.3) is 5.56 Å². The van der Waals surface area contributed by atoms with Crippen molar-refractivity contribution in [3.63, 3.8) is 0 Å². The van der Waals surface area contributed by atoms with E-state index in [1.54, 1.807) is 12.1 Å². The summed E-state index contributed by atoms with van der Waals surface area (Å²) >= 11 is 0. The maximum absolute atomic E-state index is 12.3. The van der Waals surface area contributed by atoms with Crippen molar-refractivity contribution in [2.45, 2.75) is 19.8 Å². The van der Waals surface area contributed by atoms with Crippen molar-refractivity contribution in [1.29, 1.82) is 0 Å². The van der Waals surface area contributed by atoms with Gasteiger partial charge in [0, 0.05) is 24.9 Å². The number of H-pyrrole nitrogens is 1. The highest BCUT2D eigenvalue weighted by atomic mass is 16.5. The van der Waals surface area contributed by atoms with Gasteiger partial charge >= 0.3 is 0 Å². The molecule has 0 atom stereocenters. The number of fused-ring (bicyclic) bond motifs is 1. The average molecular weight is 338 g/mol. The molecule has 0 radical (unpaired) electrons. The second-order valence-corrected chi connectivity index (χ2v) is 5.71. The number of hydrogen-bond acceptors (Lipinski definition) is 5. The molecular weight excluding hydrogens is 320 g/mol. The van der Waals surface area contributed by atoms with Crippen LogP contribution in [-0.2, 0) is 11.2 Å². The minimum absolute atomic E-state index is 0.126. The number of nitrogens with zero attached hydrogens (tertiary/aromatic N) is 2. The number of nitrogens with one attached hydrogen (secondary N) is 2. The lowest BCUT2D eigenvalue weighted by molar-refractivity contribution is -0.120. The Labute approximate surface area is 143 Å². The molecule has 128 valence electrons. The molecule has 0 unspecified atom stereocenters. The summed E-state index contributed by atoms with van der Waals surface area (Å²) in [4.78, 5) is 30.9. The van der Waals surface area contributed by atoms with Crippen LogP contribution in [0, 0.1) is 6.92 Å². The summed E-state index contributed by atoms with van der Waals surface area (Å²) in [5.74, 6) is 0.399. The van der Waals surface area contributed by atoms with E-state index < -0.39 is 0 Å². The van der Waals surface area contributed by atoms with Gasteiger partial charge < -0.3 is 14.8 Å². The highest BCUT2D eigenvalue weighted by molar-refractivity contribution is 5.82. The third kappa shape index (κ3) is 3.82. The molecule has 0 aliphatic carbocycles. The summed E-state index contributed by atoms with van der Waals surface area (Å²) in [6.45, 7) is 5.91. The lowest BCUT2D eigenvalue weighted by Crippen LogP contribution is -2.23. The van der Waals surface area contributed by atoms with Crippen LogP contribution in [0.15, 0.2) is 46.2 Å². The first-order chi connectivity index (χ1) is 12.1. The van der Waals surface area contributed by atoms with E-state index in [4.69, 9.17) is 4.52 Å². The average Bonchev–Trinajstić information content (AvgIpc) is 3.06. The van der Waals surface area contributed by atoms with Crippen molar-refractivity contribution in [3.05, 3.63) is 58.7 Å². The quantitative estimate of drug-likeness (QED) is 0.671. The monoisotopic (exact) mass is 338 g/mol. The van der Waals surface area contributed by atoms with E-state index in [1.807, 2.05) is 25.1 Å². The molecule has 0 bridgehead atoms. The number of pyridine rings is 1. The normalized spacial score (nSPS) is 10.8. The van der Waals surface area contributed by atoms with E-state index in [9.17, 15) is 9.59 Å². The molecule has 0 saturated heterocycles. The number of carbonyl (C=O) groups is 1. The Hall–Kier alpha value is -3.22. The standard InChI is InChI=1S/C18H18N4O3/c1-3-8-19-15(23)6-7-16-21-17(22-25-16)13-10-12-5-4-11(2)9-14(12)20-18(13)24/h3-5,9-10H,1,6-8H2,2H3,(H,19,23)(H,20,24). The SMILES string of the molecule is C=CCNC(=O)CCc1nc(-c2cc3ccc(C)cc3[nH]c2=O)no1. The van der Waals surface area contributed by atoms with E-state index >= 15 is 0 Å². The maximum atomic E-state index is 12.3. The fourth-order valence-corrected chi connectivity index (χ4v) is 2.44. The van der Waals surface area contributed by atoms with Crippen LogP contribution in [0.2, 0.25) is 0 Å². The van der Waals surface area contributed by atoms with Gasteiger partial charge in [-0.05, 0) is 30.0 Å². The lowest BCUT2D eigenvalue weighted by atomic mass is 10.1. The fraction of sp³-hybridized carbons (Fsp3) is 0.222. The van der Waals surface area contributed by atoms with Crippen LogP contribution in [0.4, 0.5) is 0 Å². The molecule has 25 heavy (non-hydrogen) atoms. The van der Waals surface area contributed by atoms with Crippen molar-refractivity contribution in [2.75, 3.05) is 6.54 Å². The summed E-state index contributed by atoms with van der Waals surface area (Å²) in [5, 5.41) is 7.42. The van der Waals surface area contributed by atoms with Gasteiger partial charge in [0.15, 0.2) is 0 Å². The first kappa shape index (κ1) is 16.6. The molecule has 1 aromatic carbocycles. The predicted octanol–water partition coefficient (Wildman–Crippen LogP) is 2.12. The van der Waals surface area contributed by atoms with Crippen LogP contribution in [0.25, 0.3) is 22.3 Å². The molecule has 2 heterocycles. The van der Waals surface area contributed by atoms with Gasteiger partial charge in [0.1, 0.15) is 0 Å². The van der Waals surface area contributed by atoms with Crippen LogP contribution in [-0.4, -0.2) is 27.6 Å². The number of hydrogen-bond donors (Lipinski definition) is 2. The van der Waals surface area contributed by atoms with Gasteiger partial charge in [0.05, 0.1) is 5.56 Å². The topological polar surface area (TPSA) is 101 Å². The van der Waals surface area contributed by atoms with Gasteiger partial charge in [-0.2, -0.15) is 4.98 Å². The zero-order chi connectivity index (χ0) is 17.8. The largest absolute Gasteiger partial charge is 0.353 e. The summed E-state index contributed by atoms with van der Waals surface area (Å²) in [6.07, 6.45) is 2.14. The van der Waals surface area contributed by atoms with Crippen molar-refractivity contribution in [1.82, 2.24) is 20.4 Å². The zero-order valence-electron chi connectivity index (χ0n) is 13.8. The molecule has 0 aliphatic heterocycles. The van der Waals surface area contributed by atoms with Crippen LogP contribution < -0.4 is 10.9 Å². The Morgan fingerprint density at radius 3 is 3.04 bits per heavy atom. The van der Waals surface area contributed by atoms with Crippen LogP contribution >= 0.6 is 0 Å². The van der Waals surface area contributed by atoms with Crippen molar-refractivity contribution in [3.8, 4) is 11.4 Å². The Morgan fingerprint density at radius 2 is 2.24 bits per heavy atom. The van der Waals surface area contributed by atoms with E-state index in [1.165, 1.54) is 0 Å². The number of benzene rings is 1. The number of aromatic amines is 1. The van der Waals surface area contributed by atoms with E-state index in [0.29, 0.717) is 24.4 Å². The minimum Gasteiger partial charge on any atom is -0.353 e. The number of rotatable bonds is 6. The second-order valence-electron chi connectivity index (χ2n) is 5.71. The molecule has 0 spiro atoms. The Kier molecular flexibility index (Phi) is 4.74. The highest BCUT2D eigenvalue weighted by Crippen LogP contribution is 2.18. The maximum Gasteiger partial charge on any atom is 0.259 e. The first-order valence-electron chi connectivity index (χ1n) is 7.91. The molecule has 2 N–H and O–H groups in total. The predicted molar refractivity (Wildman–Crippen MR) is 94.1 cm³/mol. The van der Waals surface area contributed by atoms with Gasteiger partial charge in [-0.3, -0.25) is 9.59 Å². The van der Waals surface area contributed by atoms with Crippen LogP contribution in [0.5, 0.6) is 0 Å². The van der Waals surface area contributed by atoms with E-state index in [2.05, 4.69) is 27.0 Å². The smallest absolute Gasteiger partial charge is 0.259 e. The fourth-order valence-electron chi connectivity index (χ4n) is 2.44. The molecule has 2 aromatic heterocycles. The second kappa shape index (κ2) is 7.12. The number of amides is 1. The van der Waals surface area contributed by atoms with Gasteiger partial charge in [0.2, 0.25) is 17.6 Å². The molecular formula is C18H18N4O3. The molecule has 3 rings (SSSR count). The Bertz CT molecular complexity index is 987. The zero-order valence-corrected chi connectivity index (χ0v) is 13.8. The van der Waals surface area contributed by atoms with Crippen molar-refractivity contribution in [2.24, 2.45) is 0 Å². The first-order valence-corrected chi connectivity index (χ1v) is 7.91. The Balaban J connectivity index is 1.80. The molecule has 3 aromatic rings. The summed E-state index contributed by atoms with van der Waals surface area (Å²) in [6, 6.07) is 7.53. The van der Waals surface area contributed by atoms with Gasteiger partial charge in [-0.1, -0.05) is 23.4 Å². The van der Waals surface area contributed by atoms with Crippen molar-refractivity contribution >= 4 is 16.8 Å². The van der Waals surface area contributed by atoms with Gasteiger partial charge in [-0.15, -0.1) is 6.58 Å². The summed E-state index contributed by atoms with van der Waals surface area (Å²) in [7, 11) is 0. The highest BCUT2D eigenvalue weighted by Gasteiger charge is 2.14. The van der Waals surface area contributed by atoms with Crippen LogP contribution in [0.3, 0.4) is 0 Å². The lowest BCUT2D eigenvalue weighted by Gasteiger charge is -2.01. The van der Waals surface area contributed by atoms with E-state index in [0.717, 1.165) is 16.5 Å². The summed E-state index contributed by atoms with van der Waals surface area (Å²) < 4.78 is 5.15. The third-order valence-corrected chi connectivity index (χ3v) is 3.72. The molecule has 0 aliphatic rings. The van der Waals surface area contributed by atoms with Gasteiger partial charge in [-0.25, -0.2) is 0 Å². The third-order valence-electron chi connectivity index (χ3n) is 3.72. The molecule has 7 heteroatoms. The summed E-state index contributed by atoms with van der Waals surface area (Å²) in [5.41, 5.74) is 1.88.